The molecule has 3 rings (SSSR count). The molecule has 0 aromatic heterocycles. The first-order valence-corrected chi connectivity index (χ1v) is 14.4. The number of methoxy groups -OCH3 is 1. The van der Waals surface area contributed by atoms with Crippen molar-refractivity contribution in [3.05, 3.63) is 84.4 Å². The van der Waals surface area contributed by atoms with Crippen molar-refractivity contribution >= 4 is 27.5 Å². The molecule has 0 aliphatic heterocycles. The molecule has 2 amide bonds. The van der Waals surface area contributed by atoms with Crippen LogP contribution in [-0.2, 0) is 26.2 Å². The smallest absolute Gasteiger partial charge is 0.244 e. The number of para-hydroxylation sites is 1. The van der Waals surface area contributed by atoms with Gasteiger partial charge in [0.05, 0.1) is 19.1 Å². The van der Waals surface area contributed by atoms with Crippen LogP contribution in [0.3, 0.4) is 0 Å². The number of hydrogen-bond acceptors (Lipinski definition) is 6. The van der Waals surface area contributed by atoms with Crippen LogP contribution < -0.4 is 19.1 Å². The first-order chi connectivity index (χ1) is 18.5. The highest BCUT2D eigenvalue weighted by Gasteiger charge is 2.30. The maximum atomic E-state index is 13.7. The highest BCUT2D eigenvalue weighted by atomic mass is 32.2. The van der Waals surface area contributed by atoms with Gasteiger partial charge in [0.1, 0.15) is 29.8 Å². The fourth-order valence-corrected chi connectivity index (χ4v) is 4.72. The summed E-state index contributed by atoms with van der Waals surface area (Å²) in [6.07, 6.45) is 1.04. The van der Waals surface area contributed by atoms with Crippen molar-refractivity contribution in [2.45, 2.75) is 39.4 Å². The molecule has 9 nitrogen and oxygen atoms in total. The number of carbonyl (C=O) groups excluding carboxylic acids is 2. The third-order valence-electron chi connectivity index (χ3n) is 5.87. The lowest BCUT2D eigenvalue weighted by molar-refractivity contribution is -0.139. The van der Waals surface area contributed by atoms with Gasteiger partial charge < -0.3 is 19.7 Å². The van der Waals surface area contributed by atoms with E-state index < -0.39 is 28.5 Å². The number of hydrogen-bond donors (Lipinski definition) is 1. The van der Waals surface area contributed by atoms with E-state index in [-0.39, 0.29) is 18.5 Å². The van der Waals surface area contributed by atoms with Crippen molar-refractivity contribution in [1.29, 1.82) is 0 Å². The van der Waals surface area contributed by atoms with Crippen LogP contribution in [0.4, 0.5) is 5.69 Å². The van der Waals surface area contributed by atoms with Gasteiger partial charge in [0.15, 0.2) is 0 Å². The molecule has 1 atom stereocenters. The molecule has 0 bridgehead atoms. The van der Waals surface area contributed by atoms with Gasteiger partial charge in [-0.1, -0.05) is 30.3 Å². The highest BCUT2D eigenvalue weighted by molar-refractivity contribution is 7.92. The number of carbonyl (C=O) groups is 2. The molecule has 0 aliphatic rings. The molecule has 0 aliphatic carbocycles. The second-order valence-corrected chi connectivity index (χ2v) is 11.3. The Balaban J connectivity index is 1.87. The molecule has 208 valence electrons. The van der Waals surface area contributed by atoms with E-state index in [4.69, 9.17) is 9.47 Å². The van der Waals surface area contributed by atoms with Gasteiger partial charge in [-0.25, -0.2) is 8.42 Å². The lowest BCUT2D eigenvalue weighted by atomic mass is 10.1. The predicted octanol–water partition coefficient (Wildman–Crippen LogP) is 4.20. The quantitative estimate of drug-likeness (QED) is 0.361. The van der Waals surface area contributed by atoms with E-state index in [0.717, 1.165) is 16.1 Å². The fraction of sp³-hybridized carbons (Fsp3) is 0.310. The summed E-state index contributed by atoms with van der Waals surface area (Å²) in [6, 6.07) is 21.8. The van der Waals surface area contributed by atoms with E-state index in [1.165, 1.54) is 4.90 Å². The standard InChI is InChI=1S/C29H35N3O6S/c1-21(2)30-29(34)22(3)31(19-23-10-9-13-27(18-23)37-4)28(33)20-32(39(5,35)36)24-14-16-26(17-15-24)38-25-11-7-6-8-12-25/h6-18,21-22H,19-20H2,1-5H3,(H,30,34). The Morgan fingerprint density at radius 2 is 1.49 bits per heavy atom. The molecule has 0 spiro atoms. The molecule has 0 radical (unpaired) electrons. The number of ether oxygens (including phenoxy) is 2. The van der Waals surface area contributed by atoms with Crippen LogP contribution in [0.15, 0.2) is 78.9 Å². The summed E-state index contributed by atoms with van der Waals surface area (Å²) in [6.45, 7) is 4.88. The Morgan fingerprint density at radius 3 is 2.08 bits per heavy atom. The molecule has 3 aromatic carbocycles. The summed E-state index contributed by atoms with van der Waals surface area (Å²) in [7, 11) is -2.30. The third-order valence-corrected chi connectivity index (χ3v) is 7.01. The first-order valence-electron chi connectivity index (χ1n) is 12.5. The zero-order chi connectivity index (χ0) is 28.6. The average molecular weight is 554 g/mol. The second kappa shape index (κ2) is 13.1. The van der Waals surface area contributed by atoms with Crippen molar-refractivity contribution in [2.24, 2.45) is 0 Å². The van der Waals surface area contributed by atoms with Crippen LogP contribution in [0.2, 0.25) is 0 Å². The van der Waals surface area contributed by atoms with Crippen LogP contribution in [0, 0.1) is 0 Å². The number of rotatable bonds is 12. The summed E-state index contributed by atoms with van der Waals surface area (Å²) in [5, 5.41) is 2.82. The number of anilines is 1. The van der Waals surface area contributed by atoms with Crippen LogP contribution in [0.1, 0.15) is 26.3 Å². The summed E-state index contributed by atoms with van der Waals surface area (Å²) >= 11 is 0. The molecule has 10 heteroatoms. The molecule has 39 heavy (non-hydrogen) atoms. The molecular weight excluding hydrogens is 518 g/mol. The second-order valence-electron chi connectivity index (χ2n) is 9.39. The molecule has 0 fully saturated rings. The van der Waals surface area contributed by atoms with Gasteiger partial charge in [0, 0.05) is 12.6 Å². The average Bonchev–Trinajstić information content (AvgIpc) is 2.90. The van der Waals surface area contributed by atoms with Gasteiger partial charge in [-0.3, -0.25) is 13.9 Å². The topological polar surface area (TPSA) is 105 Å². The van der Waals surface area contributed by atoms with Crippen molar-refractivity contribution < 1.29 is 27.5 Å². The zero-order valence-corrected chi connectivity index (χ0v) is 23.6. The van der Waals surface area contributed by atoms with Gasteiger partial charge in [-0.05, 0) is 74.9 Å². The summed E-state index contributed by atoms with van der Waals surface area (Å²) in [4.78, 5) is 27.9. The zero-order valence-electron chi connectivity index (χ0n) is 22.8. The number of nitrogens with zero attached hydrogens (tertiary/aromatic N) is 2. The fourth-order valence-electron chi connectivity index (χ4n) is 3.87. The van der Waals surface area contributed by atoms with E-state index in [1.54, 1.807) is 56.5 Å². The highest BCUT2D eigenvalue weighted by Crippen LogP contribution is 2.26. The minimum absolute atomic E-state index is 0.0875. The lowest BCUT2D eigenvalue weighted by Gasteiger charge is -2.32. The largest absolute Gasteiger partial charge is 0.497 e. The minimum atomic E-state index is -3.84. The van der Waals surface area contributed by atoms with Crippen LogP contribution in [0.25, 0.3) is 0 Å². The summed E-state index contributed by atoms with van der Waals surface area (Å²) in [5.41, 5.74) is 1.03. The van der Waals surface area contributed by atoms with Gasteiger partial charge in [0.2, 0.25) is 21.8 Å². The molecule has 0 heterocycles. The number of benzene rings is 3. The van der Waals surface area contributed by atoms with Crippen molar-refractivity contribution in [3.8, 4) is 17.2 Å². The van der Waals surface area contributed by atoms with Gasteiger partial charge in [-0.2, -0.15) is 0 Å². The van der Waals surface area contributed by atoms with Gasteiger partial charge >= 0.3 is 0 Å². The van der Waals surface area contributed by atoms with Crippen LogP contribution in [0.5, 0.6) is 17.2 Å². The van der Waals surface area contributed by atoms with E-state index >= 15 is 0 Å². The number of nitrogens with one attached hydrogen (secondary N) is 1. The maximum absolute atomic E-state index is 13.7. The Labute approximate surface area is 230 Å². The molecule has 1 unspecified atom stereocenters. The Hall–Kier alpha value is -4.05. The number of sulfonamides is 1. The van der Waals surface area contributed by atoms with Crippen molar-refractivity contribution in [3.63, 3.8) is 0 Å². The Morgan fingerprint density at radius 1 is 0.872 bits per heavy atom. The SMILES string of the molecule is COc1cccc(CN(C(=O)CN(c2ccc(Oc3ccccc3)cc2)S(C)(=O)=O)C(C)C(=O)NC(C)C)c1. The van der Waals surface area contributed by atoms with Crippen molar-refractivity contribution in [1.82, 2.24) is 10.2 Å². The predicted molar refractivity (Wildman–Crippen MR) is 151 cm³/mol. The lowest BCUT2D eigenvalue weighted by Crippen LogP contribution is -2.52. The van der Waals surface area contributed by atoms with Crippen LogP contribution >= 0.6 is 0 Å². The summed E-state index contributed by atoms with van der Waals surface area (Å²) in [5.74, 6) is 0.897. The van der Waals surface area contributed by atoms with E-state index in [9.17, 15) is 18.0 Å². The third kappa shape index (κ3) is 8.47. The molecular formula is C29H35N3O6S. The van der Waals surface area contributed by atoms with E-state index in [1.807, 2.05) is 50.2 Å². The van der Waals surface area contributed by atoms with Gasteiger partial charge in [-0.15, -0.1) is 0 Å². The van der Waals surface area contributed by atoms with Crippen LogP contribution in [-0.4, -0.2) is 57.1 Å². The minimum Gasteiger partial charge on any atom is -0.497 e. The maximum Gasteiger partial charge on any atom is 0.244 e. The van der Waals surface area contributed by atoms with Gasteiger partial charge in [0.25, 0.3) is 0 Å². The van der Waals surface area contributed by atoms with E-state index in [0.29, 0.717) is 22.9 Å². The van der Waals surface area contributed by atoms with E-state index in [2.05, 4.69) is 5.32 Å². The molecule has 3 aromatic rings. The van der Waals surface area contributed by atoms with Crippen molar-refractivity contribution in [2.75, 3.05) is 24.2 Å². The monoisotopic (exact) mass is 553 g/mol. The number of amides is 2. The molecule has 1 N–H and O–H groups in total. The molecule has 0 saturated heterocycles. The Bertz CT molecular complexity index is 1360. The first kappa shape index (κ1) is 29.5. The Kier molecular flexibility index (Phi) is 9.95. The normalized spacial score (nSPS) is 11.9. The summed E-state index contributed by atoms with van der Waals surface area (Å²) < 4.78 is 37.7. The molecule has 0 saturated carbocycles.